The van der Waals surface area contributed by atoms with Crippen LogP contribution >= 0.6 is 0 Å². The fourth-order valence-electron chi connectivity index (χ4n) is 2.92. The molecule has 0 atom stereocenters. The number of hydrogen-bond donors (Lipinski definition) is 0. The van der Waals surface area contributed by atoms with Gasteiger partial charge in [-0.1, -0.05) is 56.6 Å². The van der Waals surface area contributed by atoms with Gasteiger partial charge in [-0.3, -0.25) is 0 Å². The van der Waals surface area contributed by atoms with Gasteiger partial charge in [0, 0.05) is 13.1 Å². The molecule has 0 radical (unpaired) electrons. The van der Waals surface area contributed by atoms with E-state index in [9.17, 15) is 0 Å². The van der Waals surface area contributed by atoms with Gasteiger partial charge in [-0.2, -0.15) is 0 Å². The van der Waals surface area contributed by atoms with Crippen LogP contribution in [-0.2, 0) is 0 Å². The fraction of sp³-hybridized carbons (Fsp3) is 0.857. The largest absolute Gasteiger partial charge is 0.301 e. The second-order valence-electron chi connectivity index (χ2n) is 5.31. The minimum atomic E-state index is -1.04. The summed E-state index contributed by atoms with van der Waals surface area (Å²) in [6, 6.07) is 4.53. The van der Waals surface area contributed by atoms with E-state index in [-0.39, 0.29) is 0 Å². The molecule has 0 spiro atoms. The summed E-state index contributed by atoms with van der Waals surface area (Å²) in [4.78, 5) is 2.56. The van der Waals surface area contributed by atoms with Crippen molar-refractivity contribution >= 4 is 8.07 Å². The molecule has 0 aromatic heterocycles. The Morgan fingerprint density at radius 3 is 2.12 bits per heavy atom. The molecule has 0 amide bonds. The predicted molar refractivity (Wildman–Crippen MR) is 76.6 cm³/mol. The highest BCUT2D eigenvalue weighted by Gasteiger charge is 2.28. The molecular formula is C14H29NSi. The lowest BCUT2D eigenvalue weighted by Crippen LogP contribution is -2.32. The monoisotopic (exact) mass is 239 g/mol. The molecule has 0 aliphatic carbocycles. The number of allylic oxidation sites excluding steroid dienone is 1. The molecule has 0 aromatic carbocycles. The Labute approximate surface area is 103 Å². The summed E-state index contributed by atoms with van der Waals surface area (Å²) in [7, 11) is -1.04. The van der Waals surface area contributed by atoms with Crippen LogP contribution in [0.25, 0.3) is 0 Å². The van der Waals surface area contributed by atoms with Gasteiger partial charge >= 0.3 is 0 Å². The first-order valence-electron chi connectivity index (χ1n) is 7.12. The highest BCUT2D eigenvalue weighted by molar-refractivity contribution is 6.84. The Hall–Kier alpha value is -0.0831. The van der Waals surface area contributed by atoms with E-state index < -0.39 is 8.07 Å². The quantitative estimate of drug-likeness (QED) is 0.433. The van der Waals surface area contributed by atoms with Gasteiger partial charge in [0.15, 0.2) is 0 Å². The normalized spacial score (nSPS) is 17.2. The molecule has 0 N–H and O–H groups in total. The highest BCUT2D eigenvalue weighted by atomic mass is 28.3. The summed E-state index contributed by atoms with van der Waals surface area (Å²) in [5, 5.41) is 0. The molecule has 1 heterocycles. The maximum Gasteiger partial charge on any atom is 0.0774 e. The molecule has 1 fully saturated rings. The summed E-state index contributed by atoms with van der Waals surface area (Å²) in [6.45, 7) is 11.0. The van der Waals surface area contributed by atoms with E-state index in [2.05, 4.69) is 37.4 Å². The van der Waals surface area contributed by atoms with Crippen LogP contribution in [0.4, 0.5) is 0 Å². The van der Waals surface area contributed by atoms with Crippen LogP contribution in [0.15, 0.2) is 11.8 Å². The predicted octanol–water partition coefficient (Wildman–Crippen LogP) is 4.08. The van der Waals surface area contributed by atoms with Crippen molar-refractivity contribution in [2.24, 2.45) is 0 Å². The van der Waals surface area contributed by atoms with Crippen molar-refractivity contribution < 1.29 is 0 Å². The molecule has 0 saturated carbocycles. The van der Waals surface area contributed by atoms with E-state index in [0.717, 1.165) is 0 Å². The molecule has 2 heteroatoms. The van der Waals surface area contributed by atoms with Crippen molar-refractivity contribution in [1.82, 2.24) is 4.90 Å². The van der Waals surface area contributed by atoms with Gasteiger partial charge in [0.1, 0.15) is 0 Å². The van der Waals surface area contributed by atoms with Gasteiger partial charge in [-0.05, 0) is 19.9 Å². The van der Waals surface area contributed by atoms with E-state index in [1.54, 1.807) is 0 Å². The van der Waals surface area contributed by atoms with Crippen molar-refractivity contribution in [3.05, 3.63) is 11.8 Å². The lowest BCUT2D eigenvalue weighted by Gasteiger charge is -2.28. The lowest BCUT2D eigenvalue weighted by atomic mass is 10.5. The maximum absolute atomic E-state index is 2.63. The molecule has 0 unspecified atom stereocenters. The van der Waals surface area contributed by atoms with Gasteiger partial charge in [0.25, 0.3) is 0 Å². The Bertz CT molecular complexity index is 203. The number of hydrogen-bond acceptors (Lipinski definition) is 1. The fourth-order valence-corrected chi connectivity index (χ4v) is 7.73. The molecule has 1 rings (SSSR count). The number of rotatable bonds is 9. The van der Waals surface area contributed by atoms with Gasteiger partial charge < -0.3 is 4.90 Å². The molecular weight excluding hydrogens is 210 g/mol. The van der Waals surface area contributed by atoms with Crippen molar-refractivity contribution in [1.29, 1.82) is 0 Å². The summed E-state index contributed by atoms with van der Waals surface area (Å²) in [6.07, 6.45) is 6.52. The molecule has 0 aromatic rings. The van der Waals surface area contributed by atoms with Crippen LogP contribution in [0.5, 0.6) is 0 Å². The molecule has 1 aliphatic rings. The van der Waals surface area contributed by atoms with E-state index in [4.69, 9.17) is 0 Å². The first-order valence-corrected chi connectivity index (χ1v) is 9.82. The number of nitrogens with zero attached hydrogens (tertiary/aromatic N) is 1. The lowest BCUT2D eigenvalue weighted by molar-refractivity contribution is 0.549. The van der Waals surface area contributed by atoms with Crippen LogP contribution < -0.4 is 0 Å². The average molecular weight is 239 g/mol. The molecule has 94 valence electrons. The van der Waals surface area contributed by atoms with E-state index in [0.29, 0.717) is 0 Å². The molecule has 0 bridgehead atoms. The minimum Gasteiger partial charge on any atom is -0.301 e. The van der Waals surface area contributed by atoms with Gasteiger partial charge in [-0.15, -0.1) is 0 Å². The van der Waals surface area contributed by atoms with Gasteiger partial charge in [0.2, 0.25) is 0 Å². The molecule has 1 nitrogen and oxygen atoms in total. The first-order chi connectivity index (χ1) is 7.76. The zero-order chi connectivity index (χ0) is 11.9. The maximum atomic E-state index is 2.63. The second kappa shape index (κ2) is 7.28. The minimum absolute atomic E-state index is 1.04. The summed E-state index contributed by atoms with van der Waals surface area (Å²) < 4.78 is 0. The first kappa shape index (κ1) is 14.0. The van der Waals surface area contributed by atoms with E-state index >= 15 is 0 Å². The topological polar surface area (TPSA) is 3.01 Å². The summed E-state index contributed by atoms with van der Waals surface area (Å²) in [5.41, 5.74) is 2.63. The Morgan fingerprint density at radius 1 is 1.06 bits per heavy atom. The van der Waals surface area contributed by atoms with Crippen molar-refractivity contribution in [3.8, 4) is 0 Å². The molecule has 1 aliphatic heterocycles. The smallest absolute Gasteiger partial charge is 0.0774 e. The zero-order valence-electron chi connectivity index (χ0n) is 11.5. The van der Waals surface area contributed by atoms with Crippen LogP contribution in [0.1, 0.15) is 40.0 Å². The summed E-state index contributed by atoms with van der Waals surface area (Å²) in [5.74, 6) is 0. The average Bonchev–Trinajstić information content (AvgIpc) is 3.03. The highest BCUT2D eigenvalue weighted by Crippen LogP contribution is 2.28. The van der Waals surface area contributed by atoms with Gasteiger partial charge in [0.05, 0.1) is 8.07 Å². The Morgan fingerprint density at radius 2 is 1.69 bits per heavy atom. The van der Waals surface area contributed by atoms with Crippen molar-refractivity contribution in [2.45, 2.75) is 58.2 Å². The van der Waals surface area contributed by atoms with Crippen LogP contribution in [-0.4, -0.2) is 32.6 Å². The Balaban J connectivity index is 2.42. The van der Waals surface area contributed by atoms with Crippen molar-refractivity contribution in [3.63, 3.8) is 0 Å². The SMILES string of the molecule is C/C=C\[Si](CCC)(CCC)CCCN1CC1. The van der Waals surface area contributed by atoms with E-state index in [1.165, 1.54) is 57.0 Å². The van der Waals surface area contributed by atoms with Crippen molar-refractivity contribution in [2.75, 3.05) is 19.6 Å². The van der Waals surface area contributed by atoms with Crippen LogP contribution in [0.3, 0.4) is 0 Å². The third-order valence-electron chi connectivity index (χ3n) is 3.70. The van der Waals surface area contributed by atoms with E-state index in [1.807, 2.05) is 0 Å². The standard InChI is InChI=1S/C14H29NSi/c1-4-11-16(12-5-2,13-6-3)14-7-8-15-9-10-15/h4,11H,5-10,12-14H2,1-3H3/b11-4-. The Kier molecular flexibility index (Phi) is 6.36. The molecule has 1 saturated heterocycles. The van der Waals surface area contributed by atoms with Crippen LogP contribution in [0.2, 0.25) is 18.1 Å². The third-order valence-corrected chi connectivity index (χ3v) is 9.09. The zero-order valence-corrected chi connectivity index (χ0v) is 12.5. The van der Waals surface area contributed by atoms with Gasteiger partial charge in [-0.25, -0.2) is 0 Å². The van der Waals surface area contributed by atoms with Crippen LogP contribution in [0, 0.1) is 0 Å². The summed E-state index contributed by atoms with van der Waals surface area (Å²) >= 11 is 0. The molecule has 16 heavy (non-hydrogen) atoms. The second-order valence-corrected chi connectivity index (χ2v) is 9.87. The third kappa shape index (κ3) is 4.83.